The zero-order chi connectivity index (χ0) is 18.1. The van der Waals surface area contributed by atoms with E-state index >= 15 is 0 Å². The van der Waals surface area contributed by atoms with Crippen LogP contribution >= 0.6 is 0 Å². The lowest BCUT2D eigenvalue weighted by Gasteiger charge is -2.19. The molecule has 0 fully saturated rings. The van der Waals surface area contributed by atoms with Gasteiger partial charge in [0.25, 0.3) is 0 Å². The topological polar surface area (TPSA) is 59.9 Å². The fourth-order valence-electron chi connectivity index (χ4n) is 2.19. The van der Waals surface area contributed by atoms with Crippen LogP contribution in [0.3, 0.4) is 0 Å². The first kappa shape index (κ1) is 18.2. The molecule has 1 aromatic heterocycles. The van der Waals surface area contributed by atoms with Gasteiger partial charge in [-0.25, -0.2) is 9.97 Å². The van der Waals surface area contributed by atoms with Crippen LogP contribution in [0.15, 0.2) is 24.3 Å². The summed E-state index contributed by atoms with van der Waals surface area (Å²) in [4.78, 5) is 34.2. The molecule has 128 valence electrons. The molecule has 0 saturated carbocycles. The number of rotatable bonds is 4. The molecule has 0 radical (unpaired) electrons. The Morgan fingerprint density at radius 3 is 1.38 bits per heavy atom. The number of carbonyl (C=O) groups excluding carboxylic acids is 2. The SMILES string of the molecule is CC(C)(C)C(=O)Cc1nc2ccccc2nc1CC(=O)C(C)(C)C. The minimum absolute atomic E-state index is 0.0940. The molecule has 0 amide bonds. The third kappa shape index (κ3) is 4.25. The van der Waals surface area contributed by atoms with Crippen molar-refractivity contribution in [2.45, 2.75) is 54.4 Å². The van der Waals surface area contributed by atoms with Gasteiger partial charge in [0, 0.05) is 10.8 Å². The zero-order valence-corrected chi connectivity index (χ0v) is 15.4. The number of fused-ring (bicyclic) bond motifs is 1. The summed E-state index contributed by atoms with van der Waals surface area (Å²) in [6, 6.07) is 7.55. The van der Waals surface area contributed by atoms with Crippen molar-refractivity contribution in [3.05, 3.63) is 35.7 Å². The maximum absolute atomic E-state index is 12.5. The van der Waals surface area contributed by atoms with Gasteiger partial charge in [-0.15, -0.1) is 0 Å². The van der Waals surface area contributed by atoms with Crippen molar-refractivity contribution < 1.29 is 9.59 Å². The van der Waals surface area contributed by atoms with Crippen LogP contribution in [0.25, 0.3) is 11.0 Å². The quantitative estimate of drug-likeness (QED) is 0.853. The molecule has 0 atom stereocenters. The maximum atomic E-state index is 12.5. The Labute approximate surface area is 143 Å². The molecule has 0 bridgehead atoms. The Kier molecular flexibility index (Phi) is 4.88. The summed E-state index contributed by atoms with van der Waals surface area (Å²) < 4.78 is 0. The van der Waals surface area contributed by atoms with Crippen molar-refractivity contribution >= 4 is 22.6 Å². The monoisotopic (exact) mass is 326 g/mol. The van der Waals surface area contributed by atoms with Gasteiger partial charge in [-0.1, -0.05) is 53.7 Å². The number of hydrogen-bond acceptors (Lipinski definition) is 4. The minimum atomic E-state index is -0.446. The average molecular weight is 326 g/mol. The minimum Gasteiger partial charge on any atom is -0.299 e. The zero-order valence-electron chi connectivity index (χ0n) is 15.4. The number of ketones is 2. The summed E-state index contributed by atoms with van der Waals surface area (Å²) in [5, 5.41) is 0. The van der Waals surface area contributed by atoms with Gasteiger partial charge in [-0.05, 0) is 12.1 Å². The molecule has 2 rings (SSSR count). The molecule has 0 aliphatic rings. The number of nitrogens with zero attached hydrogens (tertiary/aromatic N) is 2. The van der Waals surface area contributed by atoms with E-state index in [1.807, 2.05) is 65.8 Å². The summed E-state index contributed by atoms with van der Waals surface area (Å²) in [7, 11) is 0. The molecule has 24 heavy (non-hydrogen) atoms. The largest absolute Gasteiger partial charge is 0.299 e. The van der Waals surface area contributed by atoms with E-state index in [9.17, 15) is 9.59 Å². The Bertz CT molecular complexity index is 714. The van der Waals surface area contributed by atoms with Gasteiger partial charge >= 0.3 is 0 Å². The van der Waals surface area contributed by atoms with Crippen LogP contribution in [-0.2, 0) is 22.4 Å². The van der Waals surface area contributed by atoms with E-state index in [4.69, 9.17) is 0 Å². The fourth-order valence-corrected chi connectivity index (χ4v) is 2.19. The Morgan fingerprint density at radius 2 is 1.08 bits per heavy atom. The molecule has 0 unspecified atom stereocenters. The Morgan fingerprint density at radius 1 is 0.750 bits per heavy atom. The molecule has 0 spiro atoms. The van der Waals surface area contributed by atoms with Gasteiger partial charge in [-0.3, -0.25) is 9.59 Å². The third-order valence-electron chi connectivity index (χ3n) is 4.05. The van der Waals surface area contributed by atoms with Crippen LogP contribution in [0.2, 0.25) is 0 Å². The van der Waals surface area contributed by atoms with Gasteiger partial charge in [0.2, 0.25) is 0 Å². The highest BCUT2D eigenvalue weighted by molar-refractivity contribution is 5.88. The average Bonchev–Trinajstić information content (AvgIpc) is 2.45. The van der Waals surface area contributed by atoms with Crippen LogP contribution in [0, 0.1) is 10.8 Å². The van der Waals surface area contributed by atoms with Crippen LogP contribution in [0.5, 0.6) is 0 Å². The van der Waals surface area contributed by atoms with Gasteiger partial charge in [0.05, 0.1) is 35.3 Å². The highest BCUT2D eigenvalue weighted by atomic mass is 16.1. The molecule has 0 aliphatic heterocycles. The predicted molar refractivity (Wildman–Crippen MR) is 95.9 cm³/mol. The highest BCUT2D eigenvalue weighted by Gasteiger charge is 2.27. The summed E-state index contributed by atoms with van der Waals surface area (Å²) >= 11 is 0. The van der Waals surface area contributed by atoms with E-state index in [-0.39, 0.29) is 24.4 Å². The number of hydrogen-bond donors (Lipinski definition) is 0. The molecule has 1 aromatic carbocycles. The van der Waals surface area contributed by atoms with Gasteiger partial charge < -0.3 is 0 Å². The van der Waals surface area contributed by atoms with Crippen molar-refractivity contribution in [2.75, 3.05) is 0 Å². The van der Waals surface area contributed by atoms with Crippen LogP contribution in [0.4, 0.5) is 0 Å². The second kappa shape index (κ2) is 6.42. The van der Waals surface area contributed by atoms with Gasteiger partial charge in [0.15, 0.2) is 0 Å². The second-order valence-electron chi connectivity index (χ2n) is 8.31. The smallest absolute Gasteiger partial charge is 0.144 e. The van der Waals surface area contributed by atoms with E-state index in [0.29, 0.717) is 11.4 Å². The maximum Gasteiger partial charge on any atom is 0.144 e. The molecular formula is C20H26N2O2. The highest BCUT2D eigenvalue weighted by Crippen LogP contribution is 2.23. The number of carbonyl (C=O) groups is 2. The van der Waals surface area contributed by atoms with E-state index in [2.05, 4.69) is 9.97 Å². The molecule has 0 saturated heterocycles. The molecule has 2 aromatic rings. The number of benzene rings is 1. The van der Waals surface area contributed by atoms with Crippen molar-refractivity contribution in [3.8, 4) is 0 Å². The summed E-state index contributed by atoms with van der Waals surface area (Å²) in [5.41, 5.74) is 1.84. The lowest BCUT2D eigenvalue weighted by atomic mass is 9.85. The van der Waals surface area contributed by atoms with Crippen molar-refractivity contribution in [1.82, 2.24) is 9.97 Å². The van der Waals surface area contributed by atoms with Crippen LogP contribution < -0.4 is 0 Å². The molecule has 4 heteroatoms. The normalized spacial score (nSPS) is 12.4. The third-order valence-corrected chi connectivity index (χ3v) is 4.05. The van der Waals surface area contributed by atoms with Crippen LogP contribution in [-0.4, -0.2) is 21.5 Å². The Hall–Kier alpha value is -2.10. The first-order valence-electron chi connectivity index (χ1n) is 8.29. The molecule has 0 aliphatic carbocycles. The second-order valence-corrected chi connectivity index (χ2v) is 8.31. The number of para-hydroxylation sites is 2. The first-order valence-corrected chi connectivity index (χ1v) is 8.29. The Balaban J connectivity index is 2.48. The molecule has 1 heterocycles. The van der Waals surface area contributed by atoms with Crippen molar-refractivity contribution in [3.63, 3.8) is 0 Å². The molecule has 4 nitrogen and oxygen atoms in total. The van der Waals surface area contributed by atoms with Crippen LogP contribution in [0.1, 0.15) is 52.9 Å². The molecule has 0 N–H and O–H groups in total. The summed E-state index contributed by atoms with van der Waals surface area (Å²) in [6.45, 7) is 11.4. The number of aromatic nitrogens is 2. The lowest BCUT2D eigenvalue weighted by molar-refractivity contribution is -0.126. The van der Waals surface area contributed by atoms with Gasteiger partial charge in [-0.2, -0.15) is 0 Å². The lowest BCUT2D eigenvalue weighted by Crippen LogP contribution is -2.26. The van der Waals surface area contributed by atoms with Crippen molar-refractivity contribution in [2.24, 2.45) is 10.8 Å². The summed E-state index contributed by atoms with van der Waals surface area (Å²) in [5.74, 6) is 0.188. The van der Waals surface area contributed by atoms with E-state index in [1.54, 1.807) is 0 Å². The van der Waals surface area contributed by atoms with Crippen molar-refractivity contribution in [1.29, 1.82) is 0 Å². The van der Waals surface area contributed by atoms with E-state index < -0.39 is 10.8 Å². The number of Topliss-reactive ketones (excluding diaryl/α,β-unsaturated/α-hetero) is 2. The fraction of sp³-hybridized carbons (Fsp3) is 0.500. The van der Waals surface area contributed by atoms with Gasteiger partial charge in [0.1, 0.15) is 11.6 Å². The predicted octanol–water partition coefficient (Wildman–Crippen LogP) is 3.95. The van der Waals surface area contributed by atoms with E-state index in [1.165, 1.54) is 0 Å². The summed E-state index contributed by atoms with van der Waals surface area (Å²) in [6.07, 6.45) is 0.405. The standard InChI is InChI=1S/C20H26N2O2/c1-19(2,3)17(23)11-15-16(12-18(24)20(4,5)6)22-14-10-8-7-9-13(14)21-15/h7-10H,11-12H2,1-6H3. The van der Waals surface area contributed by atoms with E-state index in [0.717, 1.165) is 11.0 Å². The first-order chi connectivity index (χ1) is 11.0. The molecular weight excluding hydrogens is 300 g/mol.